The summed E-state index contributed by atoms with van der Waals surface area (Å²) in [5, 5.41) is 8.79. The number of hydrogen-bond acceptors (Lipinski definition) is 4. The number of benzene rings is 1. The first kappa shape index (κ1) is 13.5. The summed E-state index contributed by atoms with van der Waals surface area (Å²) in [7, 11) is 0. The SMILES string of the molecule is CC(C)c1nnc2n1CCN(c1cccc3c1CCN=C3)C2. The minimum absolute atomic E-state index is 0.425. The van der Waals surface area contributed by atoms with Crippen LogP contribution >= 0.6 is 0 Å². The molecule has 3 heterocycles. The Labute approximate surface area is 130 Å². The van der Waals surface area contributed by atoms with Crippen LogP contribution in [0, 0.1) is 0 Å². The zero-order chi connectivity index (χ0) is 15.1. The summed E-state index contributed by atoms with van der Waals surface area (Å²) >= 11 is 0. The van der Waals surface area contributed by atoms with Crippen molar-refractivity contribution in [3.8, 4) is 0 Å². The predicted molar refractivity (Wildman–Crippen MR) is 87.8 cm³/mol. The lowest BCUT2D eigenvalue weighted by Gasteiger charge is -2.32. The molecule has 114 valence electrons. The van der Waals surface area contributed by atoms with E-state index in [2.05, 4.69) is 56.7 Å². The van der Waals surface area contributed by atoms with Gasteiger partial charge in [-0.1, -0.05) is 26.0 Å². The van der Waals surface area contributed by atoms with Crippen LogP contribution in [0.5, 0.6) is 0 Å². The molecular formula is C17H21N5. The van der Waals surface area contributed by atoms with Crippen LogP contribution in [0.15, 0.2) is 23.2 Å². The van der Waals surface area contributed by atoms with E-state index >= 15 is 0 Å². The third kappa shape index (κ3) is 2.12. The molecule has 0 spiro atoms. The normalized spacial score (nSPS) is 16.8. The van der Waals surface area contributed by atoms with Gasteiger partial charge in [-0.05, 0) is 23.6 Å². The molecule has 0 fully saturated rings. The second-order valence-corrected chi connectivity index (χ2v) is 6.33. The van der Waals surface area contributed by atoms with Crippen molar-refractivity contribution >= 4 is 11.9 Å². The van der Waals surface area contributed by atoms with Crippen LogP contribution < -0.4 is 4.90 Å². The van der Waals surface area contributed by atoms with Gasteiger partial charge in [0, 0.05) is 37.5 Å². The highest BCUT2D eigenvalue weighted by atomic mass is 15.3. The molecule has 2 aliphatic heterocycles. The summed E-state index contributed by atoms with van der Waals surface area (Å²) in [5.74, 6) is 2.61. The number of hydrogen-bond donors (Lipinski definition) is 0. The second-order valence-electron chi connectivity index (χ2n) is 6.33. The van der Waals surface area contributed by atoms with Gasteiger partial charge in [0.15, 0.2) is 5.82 Å². The summed E-state index contributed by atoms with van der Waals surface area (Å²) < 4.78 is 2.29. The van der Waals surface area contributed by atoms with Crippen LogP contribution in [0.3, 0.4) is 0 Å². The maximum atomic E-state index is 4.41. The van der Waals surface area contributed by atoms with E-state index in [1.807, 2.05) is 6.21 Å². The molecule has 4 rings (SSSR count). The van der Waals surface area contributed by atoms with Crippen LogP contribution in [0.25, 0.3) is 0 Å². The number of aromatic nitrogens is 3. The third-order valence-electron chi connectivity index (χ3n) is 4.55. The predicted octanol–water partition coefficient (Wildman–Crippen LogP) is 2.40. The summed E-state index contributed by atoms with van der Waals surface area (Å²) in [6.45, 7) is 8.07. The first-order valence-corrected chi connectivity index (χ1v) is 8.02. The number of rotatable bonds is 2. The fourth-order valence-electron chi connectivity index (χ4n) is 3.43. The Morgan fingerprint density at radius 2 is 2.05 bits per heavy atom. The minimum atomic E-state index is 0.425. The fraction of sp³-hybridized carbons (Fsp3) is 0.471. The molecule has 0 saturated carbocycles. The van der Waals surface area contributed by atoms with Crippen molar-refractivity contribution in [2.45, 2.75) is 39.3 Å². The molecule has 0 unspecified atom stereocenters. The standard InChI is InChI=1S/C17H21N5/c1-12(2)17-20-19-16-11-21(8-9-22(16)17)15-5-3-4-13-10-18-7-6-14(13)15/h3-5,10,12H,6-9,11H2,1-2H3. The molecule has 0 radical (unpaired) electrons. The fourth-order valence-corrected chi connectivity index (χ4v) is 3.43. The van der Waals surface area contributed by atoms with Crippen molar-refractivity contribution in [1.82, 2.24) is 14.8 Å². The van der Waals surface area contributed by atoms with Crippen molar-refractivity contribution < 1.29 is 0 Å². The van der Waals surface area contributed by atoms with Crippen LogP contribution in [-0.2, 0) is 19.5 Å². The van der Waals surface area contributed by atoms with Gasteiger partial charge in [-0.15, -0.1) is 10.2 Å². The quantitative estimate of drug-likeness (QED) is 0.854. The molecule has 5 heteroatoms. The van der Waals surface area contributed by atoms with Gasteiger partial charge in [-0.25, -0.2) is 0 Å². The maximum Gasteiger partial charge on any atom is 0.152 e. The smallest absolute Gasteiger partial charge is 0.152 e. The van der Waals surface area contributed by atoms with E-state index in [0.717, 1.165) is 44.2 Å². The van der Waals surface area contributed by atoms with Crippen LogP contribution in [0.2, 0.25) is 0 Å². The van der Waals surface area contributed by atoms with Gasteiger partial charge in [-0.3, -0.25) is 4.99 Å². The van der Waals surface area contributed by atoms with Gasteiger partial charge in [0.2, 0.25) is 0 Å². The van der Waals surface area contributed by atoms with Crippen LogP contribution in [0.1, 0.15) is 42.5 Å². The Balaban J connectivity index is 1.67. The zero-order valence-electron chi connectivity index (χ0n) is 13.2. The van der Waals surface area contributed by atoms with E-state index in [4.69, 9.17) is 0 Å². The van der Waals surface area contributed by atoms with Gasteiger partial charge in [0.1, 0.15) is 5.82 Å². The average Bonchev–Trinajstić information content (AvgIpc) is 2.97. The molecule has 1 aromatic carbocycles. The van der Waals surface area contributed by atoms with E-state index in [9.17, 15) is 0 Å². The van der Waals surface area contributed by atoms with E-state index in [1.165, 1.54) is 16.8 Å². The molecule has 2 aliphatic rings. The van der Waals surface area contributed by atoms with Gasteiger partial charge in [0.25, 0.3) is 0 Å². The molecule has 1 aromatic heterocycles. The molecule has 0 bridgehead atoms. The minimum Gasteiger partial charge on any atom is -0.362 e. The van der Waals surface area contributed by atoms with Gasteiger partial charge in [0.05, 0.1) is 6.54 Å². The Hall–Kier alpha value is -2.17. The van der Waals surface area contributed by atoms with E-state index in [1.54, 1.807) is 0 Å². The summed E-state index contributed by atoms with van der Waals surface area (Å²) in [6.07, 6.45) is 3.04. The largest absolute Gasteiger partial charge is 0.362 e. The molecule has 0 atom stereocenters. The van der Waals surface area contributed by atoms with Gasteiger partial charge >= 0.3 is 0 Å². The zero-order valence-corrected chi connectivity index (χ0v) is 13.2. The van der Waals surface area contributed by atoms with Crippen LogP contribution in [-0.4, -0.2) is 34.1 Å². The molecule has 5 nitrogen and oxygen atoms in total. The van der Waals surface area contributed by atoms with Crippen molar-refractivity contribution in [3.63, 3.8) is 0 Å². The Morgan fingerprint density at radius 3 is 2.91 bits per heavy atom. The molecule has 22 heavy (non-hydrogen) atoms. The molecule has 0 N–H and O–H groups in total. The number of anilines is 1. The Morgan fingerprint density at radius 1 is 1.14 bits per heavy atom. The summed E-state index contributed by atoms with van der Waals surface area (Å²) in [5.41, 5.74) is 4.03. The second kappa shape index (κ2) is 5.23. The average molecular weight is 295 g/mol. The van der Waals surface area contributed by atoms with Crippen molar-refractivity contribution in [3.05, 3.63) is 41.0 Å². The van der Waals surface area contributed by atoms with E-state index < -0.39 is 0 Å². The van der Waals surface area contributed by atoms with Crippen molar-refractivity contribution in [2.75, 3.05) is 18.0 Å². The summed E-state index contributed by atoms with van der Waals surface area (Å²) in [6, 6.07) is 6.52. The topological polar surface area (TPSA) is 46.3 Å². The monoisotopic (exact) mass is 295 g/mol. The van der Waals surface area contributed by atoms with E-state index in [-0.39, 0.29) is 0 Å². The lowest BCUT2D eigenvalue weighted by Crippen LogP contribution is -2.35. The van der Waals surface area contributed by atoms with E-state index in [0.29, 0.717) is 5.92 Å². The molecule has 0 amide bonds. The lowest BCUT2D eigenvalue weighted by atomic mass is 10.00. The molecular weight excluding hydrogens is 274 g/mol. The third-order valence-corrected chi connectivity index (χ3v) is 4.55. The molecule has 0 saturated heterocycles. The first-order valence-electron chi connectivity index (χ1n) is 8.02. The number of nitrogens with zero attached hydrogens (tertiary/aromatic N) is 5. The molecule has 2 aromatic rings. The summed E-state index contributed by atoms with van der Waals surface area (Å²) in [4.78, 5) is 6.83. The highest BCUT2D eigenvalue weighted by molar-refractivity contribution is 5.85. The van der Waals surface area contributed by atoms with Crippen molar-refractivity contribution in [1.29, 1.82) is 0 Å². The van der Waals surface area contributed by atoms with Gasteiger partial charge in [-0.2, -0.15) is 0 Å². The number of aliphatic imine (C=N–C) groups is 1. The van der Waals surface area contributed by atoms with Gasteiger partial charge < -0.3 is 9.47 Å². The lowest BCUT2D eigenvalue weighted by molar-refractivity contribution is 0.531. The maximum absolute atomic E-state index is 4.41. The highest BCUT2D eigenvalue weighted by Crippen LogP contribution is 2.29. The number of fused-ring (bicyclic) bond motifs is 2. The Bertz CT molecular complexity index is 729. The highest BCUT2D eigenvalue weighted by Gasteiger charge is 2.24. The Kier molecular flexibility index (Phi) is 3.21. The van der Waals surface area contributed by atoms with Crippen molar-refractivity contribution in [2.24, 2.45) is 4.99 Å². The first-order chi connectivity index (χ1) is 10.7. The molecule has 0 aliphatic carbocycles. The van der Waals surface area contributed by atoms with Crippen LogP contribution in [0.4, 0.5) is 5.69 Å².